The molecule has 1 N–H and O–H groups in total. The van der Waals surface area contributed by atoms with E-state index in [2.05, 4.69) is 32.8 Å². The third-order valence-corrected chi connectivity index (χ3v) is 3.52. The first-order valence-corrected chi connectivity index (χ1v) is 6.93. The van der Waals surface area contributed by atoms with E-state index in [1.54, 1.807) is 7.11 Å². The lowest BCUT2D eigenvalue weighted by Crippen LogP contribution is -2.34. The Bertz CT molecular complexity index is 385. The highest BCUT2D eigenvalue weighted by atomic mass is 127. The first-order valence-electron chi connectivity index (χ1n) is 5.85. The van der Waals surface area contributed by atoms with Gasteiger partial charge < -0.3 is 15.0 Å². The minimum Gasteiger partial charge on any atom is -0.383 e. The normalized spacial score (nSPS) is 10.7. The summed E-state index contributed by atoms with van der Waals surface area (Å²) in [6, 6.07) is 7.57. The Kier molecular flexibility index (Phi) is 7.22. The fourth-order valence-electron chi connectivity index (χ4n) is 1.46. The van der Waals surface area contributed by atoms with E-state index in [0.717, 1.165) is 22.2 Å². The second-order valence-corrected chi connectivity index (χ2v) is 5.19. The molecule has 0 bridgehead atoms. The molecule has 0 radical (unpaired) electrons. The average molecular weight is 362 g/mol. The summed E-state index contributed by atoms with van der Waals surface area (Å²) in [5.74, 6) is -0.0138. The molecule has 0 saturated carbocycles. The molecule has 1 rings (SSSR count). The Morgan fingerprint density at radius 2 is 2.11 bits per heavy atom. The smallest absolute Gasteiger partial charge is 0.252 e. The predicted octanol–water partition coefficient (Wildman–Crippen LogP) is 1.60. The van der Waals surface area contributed by atoms with Crippen LogP contribution in [0.5, 0.6) is 0 Å². The maximum atomic E-state index is 11.9. The highest BCUT2D eigenvalue weighted by Crippen LogP contribution is 2.10. The summed E-state index contributed by atoms with van der Waals surface area (Å²) in [6.45, 7) is 3.04. The number of hydrogen-bond donors (Lipinski definition) is 1. The van der Waals surface area contributed by atoms with Gasteiger partial charge in [0.15, 0.2) is 0 Å². The van der Waals surface area contributed by atoms with Crippen molar-refractivity contribution in [3.63, 3.8) is 0 Å². The van der Waals surface area contributed by atoms with Gasteiger partial charge >= 0.3 is 0 Å². The van der Waals surface area contributed by atoms with Crippen molar-refractivity contribution in [1.82, 2.24) is 10.2 Å². The minimum atomic E-state index is -0.0138. The molecule has 18 heavy (non-hydrogen) atoms. The van der Waals surface area contributed by atoms with E-state index in [9.17, 15) is 4.79 Å². The summed E-state index contributed by atoms with van der Waals surface area (Å²) in [5, 5.41) is 2.92. The lowest BCUT2D eigenvalue weighted by Gasteiger charge is -2.16. The monoisotopic (exact) mass is 362 g/mol. The number of nitrogens with zero attached hydrogens (tertiary/aromatic N) is 1. The van der Waals surface area contributed by atoms with Gasteiger partial charge in [-0.2, -0.15) is 0 Å². The number of benzene rings is 1. The summed E-state index contributed by atoms with van der Waals surface area (Å²) in [5.41, 5.74) is 0.734. The largest absolute Gasteiger partial charge is 0.383 e. The first-order chi connectivity index (χ1) is 8.65. The molecule has 0 fully saturated rings. The molecule has 1 amide bonds. The molecule has 0 saturated heterocycles. The molecular formula is C13H19IN2O2. The Hall–Kier alpha value is -0.660. The molecule has 0 aromatic heterocycles. The van der Waals surface area contributed by atoms with E-state index in [0.29, 0.717) is 13.2 Å². The molecule has 0 atom stereocenters. The van der Waals surface area contributed by atoms with Gasteiger partial charge in [0.05, 0.1) is 12.2 Å². The summed E-state index contributed by atoms with van der Waals surface area (Å²) in [4.78, 5) is 14.0. The van der Waals surface area contributed by atoms with Crippen LogP contribution in [0.15, 0.2) is 24.3 Å². The minimum absolute atomic E-state index is 0.0138. The number of hydrogen-bond acceptors (Lipinski definition) is 3. The van der Waals surface area contributed by atoms with Gasteiger partial charge in [-0.25, -0.2) is 0 Å². The van der Waals surface area contributed by atoms with Crippen LogP contribution in [0.25, 0.3) is 0 Å². The highest BCUT2D eigenvalue weighted by molar-refractivity contribution is 14.1. The number of carbonyl (C=O) groups excluding carboxylic acids is 1. The standard InChI is InChI=1S/C13H19IN2O2/c1-16(9-10-18-2)8-7-15-13(17)11-5-3-4-6-12(11)14/h3-6H,7-10H2,1-2H3,(H,15,17). The molecule has 1 aromatic carbocycles. The van der Waals surface area contributed by atoms with Crippen molar-refractivity contribution >= 4 is 28.5 Å². The zero-order valence-electron chi connectivity index (χ0n) is 10.8. The number of likely N-dealkylation sites (N-methyl/N-ethyl adjacent to an activating group) is 1. The lowest BCUT2D eigenvalue weighted by molar-refractivity contribution is 0.0946. The Balaban J connectivity index is 2.32. The van der Waals surface area contributed by atoms with Gasteiger partial charge in [-0.05, 0) is 41.8 Å². The average Bonchev–Trinajstić information content (AvgIpc) is 2.36. The molecule has 0 aliphatic carbocycles. The van der Waals surface area contributed by atoms with Crippen LogP contribution in [0.4, 0.5) is 0 Å². The maximum Gasteiger partial charge on any atom is 0.252 e. The van der Waals surface area contributed by atoms with Crippen molar-refractivity contribution in [2.75, 3.05) is 40.4 Å². The zero-order valence-corrected chi connectivity index (χ0v) is 12.9. The molecule has 1 aromatic rings. The number of methoxy groups -OCH3 is 1. The number of halogens is 1. The van der Waals surface area contributed by atoms with E-state index in [1.165, 1.54) is 0 Å². The van der Waals surface area contributed by atoms with Gasteiger partial charge in [0.2, 0.25) is 0 Å². The van der Waals surface area contributed by atoms with Gasteiger partial charge in [0, 0.05) is 30.3 Å². The highest BCUT2D eigenvalue weighted by Gasteiger charge is 2.08. The molecule has 0 heterocycles. The topological polar surface area (TPSA) is 41.6 Å². The second kappa shape index (κ2) is 8.44. The van der Waals surface area contributed by atoms with E-state index >= 15 is 0 Å². The maximum absolute atomic E-state index is 11.9. The molecular weight excluding hydrogens is 343 g/mol. The summed E-state index contributed by atoms with van der Waals surface area (Å²) >= 11 is 2.17. The summed E-state index contributed by atoms with van der Waals surface area (Å²) in [6.07, 6.45) is 0. The van der Waals surface area contributed by atoms with Crippen molar-refractivity contribution in [2.45, 2.75) is 0 Å². The van der Waals surface area contributed by atoms with Gasteiger partial charge in [0.25, 0.3) is 5.91 Å². The van der Waals surface area contributed by atoms with Gasteiger partial charge in [0.1, 0.15) is 0 Å². The molecule has 0 aliphatic rings. The number of rotatable bonds is 7. The van der Waals surface area contributed by atoms with Crippen molar-refractivity contribution in [3.05, 3.63) is 33.4 Å². The molecule has 4 nitrogen and oxygen atoms in total. The van der Waals surface area contributed by atoms with Crippen LogP contribution < -0.4 is 5.32 Å². The number of amides is 1. The third-order valence-electron chi connectivity index (χ3n) is 2.57. The Labute approximate surface area is 122 Å². The Morgan fingerprint density at radius 3 is 2.78 bits per heavy atom. The summed E-state index contributed by atoms with van der Waals surface area (Å²) < 4.78 is 5.97. The van der Waals surface area contributed by atoms with Crippen LogP contribution in [0.3, 0.4) is 0 Å². The fourth-order valence-corrected chi connectivity index (χ4v) is 2.09. The van der Waals surface area contributed by atoms with Crippen LogP contribution in [0.2, 0.25) is 0 Å². The summed E-state index contributed by atoms with van der Waals surface area (Å²) in [7, 11) is 3.70. The van der Waals surface area contributed by atoms with Gasteiger partial charge in [-0.3, -0.25) is 4.79 Å². The molecule has 100 valence electrons. The van der Waals surface area contributed by atoms with Crippen molar-refractivity contribution in [2.24, 2.45) is 0 Å². The van der Waals surface area contributed by atoms with E-state index in [4.69, 9.17) is 4.74 Å². The molecule has 0 spiro atoms. The Morgan fingerprint density at radius 1 is 1.39 bits per heavy atom. The van der Waals surface area contributed by atoms with E-state index in [1.807, 2.05) is 31.3 Å². The van der Waals surface area contributed by atoms with Gasteiger partial charge in [-0.15, -0.1) is 0 Å². The molecule has 0 aliphatic heterocycles. The van der Waals surface area contributed by atoms with Crippen LogP contribution in [-0.2, 0) is 4.74 Å². The van der Waals surface area contributed by atoms with E-state index in [-0.39, 0.29) is 5.91 Å². The van der Waals surface area contributed by atoms with Gasteiger partial charge in [-0.1, -0.05) is 12.1 Å². The zero-order chi connectivity index (χ0) is 13.4. The van der Waals surface area contributed by atoms with Crippen LogP contribution in [-0.4, -0.2) is 51.2 Å². The third kappa shape index (κ3) is 5.32. The fraction of sp³-hybridized carbons (Fsp3) is 0.462. The van der Waals surface area contributed by atoms with Crippen molar-refractivity contribution in [1.29, 1.82) is 0 Å². The van der Waals surface area contributed by atoms with Crippen molar-refractivity contribution < 1.29 is 9.53 Å². The number of ether oxygens (including phenoxy) is 1. The predicted molar refractivity (Wildman–Crippen MR) is 80.9 cm³/mol. The SMILES string of the molecule is COCCN(C)CCNC(=O)c1ccccc1I. The quantitative estimate of drug-likeness (QED) is 0.750. The first kappa shape index (κ1) is 15.4. The number of nitrogens with one attached hydrogen (secondary N) is 1. The van der Waals surface area contributed by atoms with Crippen molar-refractivity contribution in [3.8, 4) is 0 Å². The molecule has 5 heteroatoms. The van der Waals surface area contributed by atoms with Crippen LogP contribution >= 0.6 is 22.6 Å². The number of carbonyl (C=O) groups is 1. The van der Waals surface area contributed by atoms with Crippen LogP contribution in [0.1, 0.15) is 10.4 Å². The van der Waals surface area contributed by atoms with E-state index < -0.39 is 0 Å². The second-order valence-electron chi connectivity index (χ2n) is 4.03. The lowest BCUT2D eigenvalue weighted by atomic mass is 10.2. The van der Waals surface area contributed by atoms with Crippen LogP contribution in [0, 0.1) is 3.57 Å². The molecule has 0 unspecified atom stereocenters.